The summed E-state index contributed by atoms with van der Waals surface area (Å²) in [6.45, 7) is 1.90. The predicted octanol–water partition coefficient (Wildman–Crippen LogP) is 0.496. The Morgan fingerprint density at radius 2 is 2.12 bits per heavy atom. The zero-order valence-corrected chi connectivity index (χ0v) is 14.3. The third kappa shape index (κ3) is 5.46. The summed E-state index contributed by atoms with van der Waals surface area (Å²) in [6, 6.07) is 6.95. The molecule has 2 rings (SSSR count). The SMILES string of the molecule is COCC(C)NC(=O)COC(=O)CCN1C(=O)COc2ccccc21. The molecule has 25 heavy (non-hydrogen) atoms. The Balaban J connectivity index is 1.78. The molecule has 0 spiro atoms. The first-order chi connectivity index (χ1) is 12.0. The fourth-order valence-corrected chi connectivity index (χ4v) is 2.43. The number of esters is 1. The van der Waals surface area contributed by atoms with Crippen molar-refractivity contribution in [3.63, 3.8) is 0 Å². The van der Waals surface area contributed by atoms with Crippen molar-refractivity contribution in [3.05, 3.63) is 24.3 Å². The molecule has 1 unspecified atom stereocenters. The molecule has 0 fully saturated rings. The summed E-state index contributed by atoms with van der Waals surface area (Å²) in [4.78, 5) is 36.9. The van der Waals surface area contributed by atoms with Crippen LogP contribution >= 0.6 is 0 Å². The van der Waals surface area contributed by atoms with Gasteiger partial charge in [0.25, 0.3) is 11.8 Å². The molecule has 1 heterocycles. The van der Waals surface area contributed by atoms with Crippen LogP contribution in [0.4, 0.5) is 5.69 Å². The number of methoxy groups -OCH3 is 1. The molecule has 1 aliphatic heterocycles. The molecule has 0 saturated heterocycles. The van der Waals surface area contributed by atoms with Crippen molar-refractivity contribution in [1.29, 1.82) is 0 Å². The number of fused-ring (bicyclic) bond motifs is 1. The van der Waals surface area contributed by atoms with Gasteiger partial charge in [0.15, 0.2) is 13.2 Å². The average Bonchev–Trinajstić information content (AvgIpc) is 2.59. The van der Waals surface area contributed by atoms with E-state index < -0.39 is 11.9 Å². The number of hydrogen-bond donors (Lipinski definition) is 1. The monoisotopic (exact) mass is 350 g/mol. The number of carbonyl (C=O) groups excluding carboxylic acids is 3. The Labute approximate surface area is 146 Å². The lowest BCUT2D eigenvalue weighted by Gasteiger charge is -2.28. The highest BCUT2D eigenvalue weighted by atomic mass is 16.5. The minimum absolute atomic E-state index is 0.0129. The number of nitrogens with zero attached hydrogens (tertiary/aromatic N) is 1. The summed E-state index contributed by atoms with van der Waals surface area (Å²) in [5.41, 5.74) is 0.623. The zero-order valence-electron chi connectivity index (χ0n) is 14.3. The van der Waals surface area contributed by atoms with Gasteiger partial charge in [-0.3, -0.25) is 14.4 Å². The van der Waals surface area contributed by atoms with Crippen LogP contribution in [0.2, 0.25) is 0 Å². The number of anilines is 1. The van der Waals surface area contributed by atoms with E-state index in [9.17, 15) is 14.4 Å². The maximum Gasteiger partial charge on any atom is 0.308 e. The second-order valence-corrected chi connectivity index (χ2v) is 5.64. The van der Waals surface area contributed by atoms with Gasteiger partial charge in [-0.2, -0.15) is 0 Å². The maximum absolute atomic E-state index is 12.0. The van der Waals surface area contributed by atoms with Crippen LogP contribution in [0.15, 0.2) is 24.3 Å². The van der Waals surface area contributed by atoms with Gasteiger partial charge in [-0.1, -0.05) is 12.1 Å². The topological polar surface area (TPSA) is 94.2 Å². The fourth-order valence-electron chi connectivity index (χ4n) is 2.43. The minimum Gasteiger partial charge on any atom is -0.482 e. The molecule has 1 N–H and O–H groups in total. The van der Waals surface area contributed by atoms with Gasteiger partial charge in [0.2, 0.25) is 0 Å². The van der Waals surface area contributed by atoms with E-state index in [0.717, 1.165) is 0 Å². The van der Waals surface area contributed by atoms with Crippen LogP contribution in [0.1, 0.15) is 13.3 Å². The Bertz CT molecular complexity index is 633. The van der Waals surface area contributed by atoms with E-state index in [1.165, 1.54) is 12.0 Å². The molecule has 8 nitrogen and oxygen atoms in total. The van der Waals surface area contributed by atoms with Crippen LogP contribution in [0.3, 0.4) is 0 Å². The Morgan fingerprint density at radius 1 is 1.36 bits per heavy atom. The summed E-state index contributed by atoms with van der Waals surface area (Å²) in [5.74, 6) is -0.573. The molecule has 1 aromatic carbocycles. The van der Waals surface area contributed by atoms with E-state index >= 15 is 0 Å². The number of para-hydroxylation sites is 2. The van der Waals surface area contributed by atoms with Crippen LogP contribution in [-0.2, 0) is 23.9 Å². The van der Waals surface area contributed by atoms with Crippen molar-refractivity contribution in [2.24, 2.45) is 0 Å². The Kier molecular flexibility index (Phi) is 6.76. The summed E-state index contributed by atoms with van der Waals surface area (Å²) in [7, 11) is 1.54. The maximum atomic E-state index is 12.0. The van der Waals surface area contributed by atoms with Gasteiger partial charge in [-0.05, 0) is 19.1 Å². The third-order valence-corrected chi connectivity index (χ3v) is 3.54. The smallest absolute Gasteiger partial charge is 0.308 e. The summed E-state index contributed by atoms with van der Waals surface area (Å²) >= 11 is 0. The Morgan fingerprint density at radius 3 is 2.88 bits per heavy atom. The Hall–Kier alpha value is -2.61. The summed E-state index contributed by atoms with van der Waals surface area (Å²) < 4.78 is 15.2. The molecule has 0 aliphatic carbocycles. The van der Waals surface area contributed by atoms with Gasteiger partial charge >= 0.3 is 5.97 Å². The number of amides is 2. The summed E-state index contributed by atoms with van der Waals surface area (Å²) in [5, 5.41) is 2.64. The second kappa shape index (κ2) is 9.03. The lowest BCUT2D eigenvalue weighted by Crippen LogP contribution is -2.40. The first kappa shape index (κ1) is 18.7. The number of ether oxygens (including phenoxy) is 3. The molecule has 0 aromatic heterocycles. The number of nitrogens with one attached hydrogen (secondary N) is 1. The van der Waals surface area contributed by atoms with Crippen molar-refractivity contribution in [2.75, 3.05) is 38.4 Å². The first-order valence-electron chi connectivity index (χ1n) is 7.97. The van der Waals surface area contributed by atoms with Crippen LogP contribution in [0.25, 0.3) is 0 Å². The van der Waals surface area contributed by atoms with E-state index in [4.69, 9.17) is 14.2 Å². The van der Waals surface area contributed by atoms with Gasteiger partial charge in [0.05, 0.1) is 18.7 Å². The molecule has 1 atom stereocenters. The summed E-state index contributed by atoms with van der Waals surface area (Å²) in [6.07, 6.45) is -0.0129. The van der Waals surface area contributed by atoms with Gasteiger partial charge in [0.1, 0.15) is 5.75 Å². The van der Waals surface area contributed by atoms with Crippen LogP contribution in [0.5, 0.6) is 5.75 Å². The van der Waals surface area contributed by atoms with Gasteiger partial charge in [-0.25, -0.2) is 0 Å². The lowest BCUT2D eigenvalue weighted by molar-refractivity contribution is -0.148. The third-order valence-electron chi connectivity index (χ3n) is 3.54. The van der Waals surface area contributed by atoms with Gasteiger partial charge in [-0.15, -0.1) is 0 Å². The van der Waals surface area contributed by atoms with Crippen molar-refractivity contribution in [2.45, 2.75) is 19.4 Å². The van der Waals surface area contributed by atoms with E-state index in [-0.39, 0.29) is 38.1 Å². The normalized spacial score (nSPS) is 14.3. The first-order valence-corrected chi connectivity index (χ1v) is 7.97. The highest BCUT2D eigenvalue weighted by molar-refractivity contribution is 5.98. The largest absolute Gasteiger partial charge is 0.482 e. The molecule has 1 aromatic rings. The molecule has 2 amide bonds. The van der Waals surface area contributed by atoms with Crippen molar-refractivity contribution >= 4 is 23.5 Å². The molecule has 136 valence electrons. The lowest BCUT2D eigenvalue weighted by atomic mass is 10.2. The zero-order chi connectivity index (χ0) is 18.2. The fraction of sp³-hybridized carbons (Fsp3) is 0.471. The molecule has 1 aliphatic rings. The number of rotatable bonds is 8. The molecule has 0 bridgehead atoms. The molecular formula is C17H22N2O6. The van der Waals surface area contributed by atoms with Crippen LogP contribution < -0.4 is 15.0 Å². The standard InChI is InChI=1S/C17H22N2O6/c1-12(9-23-2)18-15(20)10-25-17(22)7-8-19-13-5-3-4-6-14(13)24-11-16(19)21/h3-6,12H,7-11H2,1-2H3,(H,18,20). The highest BCUT2D eigenvalue weighted by Gasteiger charge is 2.25. The van der Waals surface area contributed by atoms with E-state index in [1.54, 1.807) is 25.1 Å². The van der Waals surface area contributed by atoms with E-state index in [0.29, 0.717) is 18.0 Å². The quantitative estimate of drug-likeness (QED) is 0.686. The van der Waals surface area contributed by atoms with E-state index in [1.807, 2.05) is 6.07 Å². The average molecular weight is 350 g/mol. The predicted molar refractivity (Wildman–Crippen MR) is 89.3 cm³/mol. The van der Waals surface area contributed by atoms with Crippen LogP contribution in [0, 0.1) is 0 Å². The van der Waals surface area contributed by atoms with Crippen molar-refractivity contribution in [3.8, 4) is 5.75 Å². The number of benzene rings is 1. The highest BCUT2D eigenvalue weighted by Crippen LogP contribution is 2.31. The van der Waals surface area contributed by atoms with Gasteiger partial charge in [0, 0.05) is 19.7 Å². The molecule has 8 heteroatoms. The molecule has 0 saturated carbocycles. The van der Waals surface area contributed by atoms with Gasteiger partial charge < -0.3 is 24.4 Å². The van der Waals surface area contributed by atoms with Crippen LogP contribution in [-0.4, -0.2) is 57.3 Å². The molecule has 0 radical (unpaired) electrons. The van der Waals surface area contributed by atoms with Crippen molar-refractivity contribution < 1.29 is 28.6 Å². The second-order valence-electron chi connectivity index (χ2n) is 5.64. The molecular weight excluding hydrogens is 328 g/mol. The van der Waals surface area contributed by atoms with E-state index in [2.05, 4.69) is 5.32 Å². The number of carbonyl (C=O) groups is 3. The number of hydrogen-bond acceptors (Lipinski definition) is 6. The van der Waals surface area contributed by atoms with Crippen molar-refractivity contribution in [1.82, 2.24) is 5.32 Å². The minimum atomic E-state index is -0.550.